The number of allylic oxidation sites excluding steroid dienone is 10. The van der Waals surface area contributed by atoms with Gasteiger partial charge in [-0.1, -0.05) is 235 Å². The average Bonchev–Trinajstić information content (AvgIpc) is 3.29. The first-order chi connectivity index (χ1) is 31.0. The third-order valence-corrected chi connectivity index (χ3v) is 12.4. The number of rotatable bonds is 49. The molecule has 63 heavy (non-hydrogen) atoms. The molecule has 0 saturated heterocycles. The minimum absolute atomic E-state index is 0.357. The minimum atomic E-state index is -1.29. The van der Waals surface area contributed by atoms with E-state index >= 15 is 0 Å². The lowest BCUT2D eigenvalue weighted by Gasteiger charge is -2.27. The van der Waals surface area contributed by atoms with Crippen LogP contribution in [0.5, 0.6) is 0 Å². The van der Waals surface area contributed by atoms with Gasteiger partial charge in [-0.3, -0.25) is 4.79 Å². The summed E-state index contributed by atoms with van der Waals surface area (Å²) in [5.41, 5.74) is 0. The van der Waals surface area contributed by atoms with E-state index < -0.39 is 36.9 Å². The zero-order valence-corrected chi connectivity index (χ0v) is 41.6. The van der Waals surface area contributed by atoms with E-state index in [0.717, 1.165) is 64.2 Å². The van der Waals surface area contributed by atoms with Crippen LogP contribution in [0.3, 0.4) is 0 Å². The molecule has 0 aromatic rings. The Morgan fingerprint density at radius 3 is 1.17 bits per heavy atom. The molecule has 0 aliphatic heterocycles. The van der Waals surface area contributed by atoms with Crippen LogP contribution in [0.15, 0.2) is 60.8 Å². The zero-order valence-electron chi connectivity index (χ0n) is 41.6. The van der Waals surface area contributed by atoms with E-state index in [4.69, 9.17) is 0 Å². The third-order valence-electron chi connectivity index (χ3n) is 12.4. The standard InChI is InChI=1S/C57H105NO5/c1-3-5-7-9-11-13-15-17-18-19-20-21-22-23-24-25-26-27-28-29-30-31-32-33-34-35-36-37-39-41-43-45-47-49-51-55(61)57(63)58-53(52-59)56(62)54(60)50-48-46-44-42-40-38-16-14-12-10-8-6-4-2/h6,8,14,16,22-23,25-26,42,44,53-56,59-62H,3-5,7,9-13,15,17-21,24,27-41,43,45-52H2,1-2H3,(H,58,63)/b8-6+,16-14+,23-22-,26-25-,44-42+. The summed E-state index contributed by atoms with van der Waals surface area (Å²) < 4.78 is 0. The maximum absolute atomic E-state index is 12.5. The van der Waals surface area contributed by atoms with Gasteiger partial charge >= 0.3 is 0 Å². The molecule has 0 aliphatic carbocycles. The number of aliphatic hydroxyl groups is 4. The highest BCUT2D eigenvalue weighted by molar-refractivity contribution is 5.80. The van der Waals surface area contributed by atoms with Gasteiger partial charge in [0.1, 0.15) is 12.2 Å². The lowest BCUT2D eigenvalue weighted by atomic mass is 10.00. The van der Waals surface area contributed by atoms with Crippen molar-refractivity contribution in [2.24, 2.45) is 0 Å². The van der Waals surface area contributed by atoms with E-state index in [9.17, 15) is 25.2 Å². The number of carbonyl (C=O) groups excluding carboxylic acids is 1. The van der Waals surface area contributed by atoms with Crippen molar-refractivity contribution >= 4 is 5.91 Å². The fourth-order valence-corrected chi connectivity index (χ4v) is 8.18. The number of unbranched alkanes of at least 4 members (excludes halogenated alkanes) is 30. The fraction of sp³-hybridized carbons (Fsp3) is 0.807. The summed E-state index contributed by atoms with van der Waals surface area (Å²) in [4.78, 5) is 12.5. The lowest BCUT2D eigenvalue weighted by Crippen LogP contribution is -2.53. The molecule has 0 bridgehead atoms. The second-order valence-corrected chi connectivity index (χ2v) is 18.5. The molecular formula is C57H105NO5. The highest BCUT2D eigenvalue weighted by atomic mass is 16.3. The molecule has 4 atom stereocenters. The Kier molecular flexibility index (Phi) is 49.4. The van der Waals surface area contributed by atoms with Crippen molar-refractivity contribution in [1.82, 2.24) is 5.32 Å². The van der Waals surface area contributed by atoms with E-state index in [2.05, 4.69) is 79.9 Å². The first-order valence-electron chi connectivity index (χ1n) is 27.2. The first-order valence-corrected chi connectivity index (χ1v) is 27.2. The molecule has 0 rings (SSSR count). The SMILES string of the molecule is CC/C=C/CC/C=C/CC/C=C/CCCC(O)C(O)C(CO)NC(=O)C(O)CCCCCCCCCCCCCCCCCC/C=C\C/C=C\CCCCCCCCCCCCC. The highest BCUT2D eigenvalue weighted by Gasteiger charge is 2.28. The van der Waals surface area contributed by atoms with Gasteiger partial charge in [-0.2, -0.15) is 0 Å². The third kappa shape index (κ3) is 45.0. The maximum Gasteiger partial charge on any atom is 0.249 e. The predicted octanol–water partition coefficient (Wildman–Crippen LogP) is 15.6. The van der Waals surface area contributed by atoms with Gasteiger partial charge in [0.15, 0.2) is 0 Å². The Morgan fingerprint density at radius 2 is 0.762 bits per heavy atom. The number of amides is 1. The van der Waals surface area contributed by atoms with E-state index in [1.165, 1.54) is 167 Å². The Morgan fingerprint density at radius 1 is 0.413 bits per heavy atom. The molecule has 0 radical (unpaired) electrons. The Bertz CT molecular complexity index is 1080. The maximum atomic E-state index is 12.5. The van der Waals surface area contributed by atoms with Crippen LogP contribution in [0.1, 0.15) is 264 Å². The summed E-state index contributed by atoms with van der Waals surface area (Å²) >= 11 is 0. The minimum Gasteiger partial charge on any atom is -0.394 e. The summed E-state index contributed by atoms with van der Waals surface area (Å²) in [7, 11) is 0. The van der Waals surface area contributed by atoms with Gasteiger partial charge < -0.3 is 25.7 Å². The molecular weight excluding hydrogens is 779 g/mol. The smallest absolute Gasteiger partial charge is 0.249 e. The van der Waals surface area contributed by atoms with E-state index in [1.54, 1.807) is 0 Å². The summed E-state index contributed by atoms with van der Waals surface area (Å²) in [6.45, 7) is 3.93. The molecule has 0 heterocycles. The Balaban J connectivity index is 3.60. The number of hydrogen-bond acceptors (Lipinski definition) is 5. The molecule has 368 valence electrons. The zero-order chi connectivity index (χ0) is 45.9. The molecule has 0 aliphatic rings. The van der Waals surface area contributed by atoms with Gasteiger partial charge in [0.05, 0.1) is 18.8 Å². The first kappa shape index (κ1) is 61.0. The molecule has 6 heteroatoms. The van der Waals surface area contributed by atoms with E-state index in [0.29, 0.717) is 19.3 Å². The average molecular weight is 884 g/mol. The van der Waals surface area contributed by atoms with Gasteiger partial charge in [-0.25, -0.2) is 0 Å². The summed E-state index contributed by atoms with van der Waals surface area (Å²) in [6, 6.07) is -1.01. The second-order valence-electron chi connectivity index (χ2n) is 18.5. The monoisotopic (exact) mass is 884 g/mol. The lowest BCUT2D eigenvalue weighted by molar-refractivity contribution is -0.132. The normalized spacial score (nSPS) is 14.3. The molecule has 0 spiro atoms. The van der Waals surface area contributed by atoms with Crippen LogP contribution in [-0.2, 0) is 4.79 Å². The molecule has 6 nitrogen and oxygen atoms in total. The summed E-state index contributed by atoms with van der Waals surface area (Å²) in [6.07, 6.45) is 65.9. The quantitative estimate of drug-likeness (QED) is 0.0309. The van der Waals surface area contributed by atoms with E-state index in [-0.39, 0.29) is 0 Å². The number of aliphatic hydroxyl groups excluding tert-OH is 4. The molecule has 0 aromatic heterocycles. The van der Waals surface area contributed by atoms with Crippen molar-refractivity contribution < 1.29 is 25.2 Å². The number of hydrogen-bond donors (Lipinski definition) is 5. The van der Waals surface area contributed by atoms with Gasteiger partial charge in [0.2, 0.25) is 5.91 Å². The van der Waals surface area contributed by atoms with E-state index in [1.807, 2.05) is 0 Å². The van der Waals surface area contributed by atoms with Crippen molar-refractivity contribution in [2.45, 2.75) is 289 Å². The molecule has 4 unspecified atom stereocenters. The van der Waals surface area contributed by atoms with Crippen molar-refractivity contribution in [3.63, 3.8) is 0 Å². The second kappa shape index (κ2) is 51.0. The molecule has 0 fully saturated rings. The highest BCUT2D eigenvalue weighted by Crippen LogP contribution is 2.16. The van der Waals surface area contributed by atoms with Crippen molar-refractivity contribution in [2.75, 3.05) is 6.61 Å². The predicted molar refractivity (Wildman–Crippen MR) is 274 cm³/mol. The van der Waals surface area contributed by atoms with Crippen LogP contribution in [-0.4, -0.2) is 57.3 Å². The molecule has 1 amide bonds. The van der Waals surface area contributed by atoms with Gasteiger partial charge in [-0.05, 0) is 89.9 Å². The number of carbonyl (C=O) groups is 1. The van der Waals surface area contributed by atoms with Crippen LogP contribution < -0.4 is 5.32 Å². The molecule has 0 aromatic carbocycles. The number of nitrogens with one attached hydrogen (secondary N) is 1. The van der Waals surface area contributed by atoms with Crippen molar-refractivity contribution in [3.05, 3.63) is 60.8 Å². The van der Waals surface area contributed by atoms with Crippen LogP contribution >= 0.6 is 0 Å². The van der Waals surface area contributed by atoms with Gasteiger partial charge in [-0.15, -0.1) is 0 Å². The van der Waals surface area contributed by atoms with Crippen LogP contribution in [0.25, 0.3) is 0 Å². The fourth-order valence-electron chi connectivity index (χ4n) is 8.18. The molecule has 5 N–H and O–H groups in total. The van der Waals surface area contributed by atoms with Crippen molar-refractivity contribution in [1.29, 1.82) is 0 Å². The largest absolute Gasteiger partial charge is 0.394 e. The Hall–Kier alpha value is -1.99. The van der Waals surface area contributed by atoms with Crippen LogP contribution in [0, 0.1) is 0 Å². The van der Waals surface area contributed by atoms with Gasteiger partial charge in [0.25, 0.3) is 0 Å². The summed E-state index contributed by atoms with van der Waals surface area (Å²) in [5.74, 6) is -0.600. The van der Waals surface area contributed by atoms with Crippen LogP contribution in [0.2, 0.25) is 0 Å². The topological polar surface area (TPSA) is 110 Å². The van der Waals surface area contributed by atoms with Crippen LogP contribution in [0.4, 0.5) is 0 Å². The summed E-state index contributed by atoms with van der Waals surface area (Å²) in [5, 5.41) is 43.7. The molecule has 0 saturated carbocycles. The Labute approximate surface area is 391 Å². The van der Waals surface area contributed by atoms with Gasteiger partial charge in [0, 0.05) is 0 Å². The van der Waals surface area contributed by atoms with Crippen molar-refractivity contribution in [3.8, 4) is 0 Å².